The van der Waals surface area contributed by atoms with Crippen molar-refractivity contribution in [1.29, 1.82) is 0 Å². The summed E-state index contributed by atoms with van der Waals surface area (Å²) < 4.78 is 2.71. The first kappa shape index (κ1) is 21.5. The zero-order valence-corrected chi connectivity index (χ0v) is 21.6. The molecular formula is C35H22N2S. The summed E-state index contributed by atoms with van der Waals surface area (Å²) in [7, 11) is 0. The van der Waals surface area contributed by atoms with E-state index in [1.54, 1.807) is 0 Å². The summed E-state index contributed by atoms with van der Waals surface area (Å²) in [6.07, 6.45) is 1.91. The molecule has 6 aromatic carbocycles. The number of aryl methyl sites for hydroxylation is 1. The molecule has 0 bridgehead atoms. The Morgan fingerprint density at radius 1 is 0.500 bits per heavy atom. The number of nitrogens with zero attached hydrogens (tertiary/aromatic N) is 2. The molecule has 0 radical (unpaired) electrons. The van der Waals surface area contributed by atoms with E-state index in [9.17, 15) is 0 Å². The number of hydrogen-bond acceptors (Lipinski definition) is 3. The van der Waals surface area contributed by atoms with Crippen molar-refractivity contribution in [2.75, 3.05) is 0 Å². The van der Waals surface area contributed by atoms with Gasteiger partial charge in [-0.3, -0.25) is 4.98 Å². The van der Waals surface area contributed by atoms with Crippen molar-refractivity contribution in [3.63, 3.8) is 0 Å². The zero-order chi connectivity index (χ0) is 25.2. The molecule has 0 amide bonds. The fraction of sp³-hybridized carbons (Fsp3) is 0.0286. The van der Waals surface area contributed by atoms with Crippen LogP contribution in [0.15, 0.2) is 115 Å². The summed E-state index contributed by atoms with van der Waals surface area (Å²) in [5, 5.41) is 7.38. The molecule has 178 valence electrons. The number of thiophene rings is 1. The molecule has 8 aromatic rings. The van der Waals surface area contributed by atoms with Gasteiger partial charge in [-0.15, -0.1) is 11.3 Å². The first-order chi connectivity index (χ1) is 18.8. The molecule has 0 unspecified atom stereocenters. The lowest BCUT2D eigenvalue weighted by Gasteiger charge is -2.10. The highest BCUT2D eigenvalue weighted by molar-refractivity contribution is 7.26. The minimum atomic E-state index is 0.889. The van der Waals surface area contributed by atoms with Crippen LogP contribution in [0.2, 0.25) is 0 Å². The lowest BCUT2D eigenvalue weighted by atomic mass is 9.99. The molecular weight excluding hydrogens is 480 g/mol. The highest BCUT2D eigenvalue weighted by Gasteiger charge is 2.14. The third kappa shape index (κ3) is 3.12. The van der Waals surface area contributed by atoms with E-state index in [1.165, 1.54) is 47.6 Å². The molecule has 0 spiro atoms. The van der Waals surface area contributed by atoms with Crippen LogP contribution in [-0.2, 0) is 0 Å². The number of rotatable bonds is 2. The van der Waals surface area contributed by atoms with E-state index in [2.05, 4.69) is 116 Å². The number of benzene rings is 6. The maximum Gasteiger partial charge on any atom is 0.0979 e. The average Bonchev–Trinajstić information content (AvgIpc) is 3.38. The number of hydrogen-bond donors (Lipinski definition) is 0. The second-order valence-corrected chi connectivity index (χ2v) is 10.9. The fourth-order valence-corrected chi connectivity index (χ4v) is 7.08. The van der Waals surface area contributed by atoms with Crippen molar-refractivity contribution in [2.24, 2.45) is 0 Å². The number of fused-ring (bicyclic) bond motifs is 9. The molecule has 0 fully saturated rings. The van der Waals surface area contributed by atoms with E-state index in [0.717, 1.165) is 33.1 Å². The van der Waals surface area contributed by atoms with Gasteiger partial charge in [0.15, 0.2) is 0 Å². The van der Waals surface area contributed by atoms with Crippen LogP contribution in [0, 0.1) is 6.92 Å². The Morgan fingerprint density at radius 2 is 1.08 bits per heavy atom. The number of aromatic nitrogens is 2. The van der Waals surface area contributed by atoms with Gasteiger partial charge in [-0.05, 0) is 34.4 Å². The van der Waals surface area contributed by atoms with Crippen molar-refractivity contribution < 1.29 is 0 Å². The smallest absolute Gasteiger partial charge is 0.0979 e. The Bertz CT molecular complexity index is 2150. The first-order valence-electron chi connectivity index (χ1n) is 12.8. The van der Waals surface area contributed by atoms with E-state index in [1.807, 2.05) is 17.5 Å². The molecule has 0 aliphatic carbocycles. The van der Waals surface area contributed by atoms with Crippen LogP contribution in [-0.4, -0.2) is 9.97 Å². The Balaban J connectivity index is 1.27. The topological polar surface area (TPSA) is 25.8 Å². The van der Waals surface area contributed by atoms with Crippen LogP contribution in [0.25, 0.3) is 75.1 Å². The van der Waals surface area contributed by atoms with E-state index >= 15 is 0 Å². The SMILES string of the molecule is Cc1cccc2c1sc1c(-c3ccc(-c4cnc5c6ccccc6c6ccccc6c5n4)cc3)cccc12. The quantitative estimate of drug-likeness (QED) is 0.220. The Hall–Kier alpha value is -4.60. The second-order valence-electron chi connectivity index (χ2n) is 9.86. The van der Waals surface area contributed by atoms with Crippen molar-refractivity contribution >= 4 is 64.1 Å². The van der Waals surface area contributed by atoms with E-state index in [-0.39, 0.29) is 0 Å². The highest BCUT2D eigenvalue weighted by atomic mass is 32.1. The normalized spacial score (nSPS) is 11.8. The summed E-state index contributed by atoms with van der Waals surface area (Å²) in [5.41, 5.74) is 7.68. The fourth-order valence-electron chi connectivity index (χ4n) is 5.77. The second kappa shape index (κ2) is 8.20. The summed E-state index contributed by atoms with van der Waals surface area (Å²) in [6.45, 7) is 2.20. The molecule has 0 aliphatic heterocycles. The minimum Gasteiger partial charge on any atom is -0.252 e. The molecule has 8 rings (SSSR count). The van der Waals surface area contributed by atoms with Crippen molar-refractivity contribution in [3.8, 4) is 22.4 Å². The van der Waals surface area contributed by atoms with Gasteiger partial charge in [-0.1, -0.05) is 109 Å². The molecule has 3 heteroatoms. The maximum atomic E-state index is 5.15. The van der Waals surface area contributed by atoms with Crippen LogP contribution < -0.4 is 0 Å². The molecule has 2 aromatic heterocycles. The van der Waals surface area contributed by atoms with Crippen molar-refractivity contribution in [3.05, 3.63) is 121 Å². The van der Waals surface area contributed by atoms with Gasteiger partial charge in [-0.2, -0.15) is 0 Å². The largest absolute Gasteiger partial charge is 0.252 e. The Morgan fingerprint density at radius 3 is 1.82 bits per heavy atom. The molecule has 2 heterocycles. The van der Waals surface area contributed by atoms with Gasteiger partial charge < -0.3 is 0 Å². The molecule has 0 aliphatic rings. The predicted octanol–water partition coefficient (Wildman–Crippen LogP) is 9.95. The molecule has 0 saturated carbocycles. The van der Waals surface area contributed by atoms with E-state index in [4.69, 9.17) is 9.97 Å². The van der Waals surface area contributed by atoms with Gasteiger partial charge >= 0.3 is 0 Å². The van der Waals surface area contributed by atoms with Gasteiger partial charge in [0.1, 0.15) is 0 Å². The molecule has 0 atom stereocenters. The van der Waals surface area contributed by atoms with Crippen molar-refractivity contribution in [2.45, 2.75) is 6.92 Å². The van der Waals surface area contributed by atoms with Gasteiger partial charge in [0, 0.05) is 36.5 Å². The molecule has 2 nitrogen and oxygen atoms in total. The summed E-state index contributed by atoms with van der Waals surface area (Å²) in [6, 6.07) is 39.0. The van der Waals surface area contributed by atoms with Crippen LogP contribution in [0.3, 0.4) is 0 Å². The minimum absolute atomic E-state index is 0.889. The summed E-state index contributed by atoms with van der Waals surface area (Å²) in [4.78, 5) is 10.1. The highest BCUT2D eigenvalue weighted by Crippen LogP contribution is 2.41. The third-order valence-corrected chi connectivity index (χ3v) is 9.03. The monoisotopic (exact) mass is 502 g/mol. The van der Waals surface area contributed by atoms with E-state index < -0.39 is 0 Å². The summed E-state index contributed by atoms with van der Waals surface area (Å²) in [5.74, 6) is 0. The van der Waals surface area contributed by atoms with Crippen LogP contribution in [0.4, 0.5) is 0 Å². The third-order valence-electron chi connectivity index (χ3n) is 7.64. The molecule has 0 N–H and O–H groups in total. The van der Waals surface area contributed by atoms with Gasteiger partial charge in [0.25, 0.3) is 0 Å². The van der Waals surface area contributed by atoms with Gasteiger partial charge in [0.2, 0.25) is 0 Å². The van der Waals surface area contributed by atoms with E-state index in [0.29, 0.717) is 0 Å². The molecule has 0 saturated heterocycles. The Labute approximate surface area is 223 Å². The lowest BCUT2D eigenvalue weighted by Crippen LogP contribution is -1.92. The molecule has 38 heavy (non-hydrogen) atoms. The van der Waals surface area contributed by atoms with Gasteiger partial charge in [-0.25, -0.2) is 4.98 Å². The van der Waals surface area contributed by atoms with Crippen LogP contribution >= 0.6 is 11.3 Å². The lowest BCUT2D eigenvalue weighted by molar-refractivity contribution is 1.31. The predicted molar refractivity (Wildman–Crippen MR) is 163 cm³/mol. The maximum absolute atomic E-state index is 5.15. The van der Waals surface area contributed by atoms with Crippen LogP contribution in [0.5, 0.6) is 0 Å². The average molecular weight is 503 g/mol. The first-order valence-corrected chi connectivity index (χ1v) is 13.7. The van der Waals surface area contributed by atoms with Crippen LogP contribution in [0.1, 0.15) is 5.56 Å². The van der Waals surface area contributed by atoms with Gasteiger partial charge in [0.05, 0.1) is 22.9 Å². The zero-order valence-electron chi connectivity index (χ0n) is 20.8. The summed E-state index contributed by atoms with van der Waals surface area (Å²) >= 11 is 1.89. The standard InChI is InChI=1S/C35H22N2S/c1-21-8-6-14-29-30-15-7-13-24(35(30)38-34(21)29)22-16-18-23(19-17-22)31-20-36-32-27-11-4-2-9-25(27)26-10-3-5-12-28(26)33(32)37-31/h2-20H,1H3. The van der Waals surface area contributed by atoms with Crippen molar-refractivity contribution in [1.82, 2.24) is 9.97 Å². The Kier molecular flexibility index (Phi) is 4.64.